The Morgan fingerprint density at radius 1 is 1.15 bits per heavy atom. The third kappa shape index (κ3) is 4.93. The minimum atomic E-state index is -0.164. The Hall–Kier alpha value is -3.65. The predicted molar refractivity (Wildman–Crippen MR) is 108 cm³/mol. The van der Waals surface area contributed by atoms with E-state index in [4.69, 9.17) is 0 Å². The number of fused-ring (bicyclic) bond motifs is 1. The molecule has 0 unspecified atom stereocenters. The van der Waals surface area contributed by atoms with E-state index in [1.54, 1.807) is 6.08 Å². The van der Waals surface area contributed by atoms with Crippen LogP contribution in [0.25, 0.3) is 17.0 Å². The molecule has 1 amide bonds. The summed E-state index contributed by atoms with van der Waals surface area (Å²) in [5.41, 5.74) is 3.42. The number of aromatic nitrogens is 1. The van der Waals surface area contributed by atoms with E-state index in [1.165, 1.54) is 6.08 Å². The molecule has 27 heavy (non-hydrogen) atoms. The zero-order valence-electron chi connectivity index (χ0n) is 15.1. The molecular weight excluding hydrogens is 336 g/mol. The van der Waals surface area contributed by atoms with Gasteiger partial charge in [-0.05, 0) is 36.8 Å². The van der Waals surface area contributed by atoms with Crippen LogP contribution in [0.1, 0.15) is 16.7 Å². The second-order valence-corrected chi connectivity index (χ2v) is 6.15. The summed E-state index contributed by atoms with van der Waals surface area (Å²) in [6, 6.07) is 19.6. The van der Waals surface area contributed by atoms with Crippen LogP contribution >= 0.6 is 0 Å². The number of hydrogen-bond donors (Lipinski definition) is 2. The molecule has 134 valence electrons. The molecule has 0 aliphatic carbocycles. The number of carbonyl (C=O) groups is 1. The average Bonchev–Trinajstić information content (AvgIpc) is 2.69. The van der Waals surface area contributed by atoms with Gasteiger partial charge in [-0.25, -0.2) is 4.98 Å². The number of amides is 1. The SMILES string of the molecule is Cc1ccc2nc(NCCNC(=O)C=Cc3ccccc3)c(C#N)cc2c1. The highest BCUT2D eigenvalue weighted by atomic mass is 16.1. The summed E-state index contributed by atoms with van der Waals surface area (Å²) in [6.07, 6.45) is 3.27. The second-order valence-electron chi connectivity index (χ2n) is 6.15. The molecule has 0 saturated carbocycles. The van der Waals surface area contributed by atoms with Crippen molar-refractivity contribution in [3.63, 3.8) is 0 Å². The molecular formula is C22H20N4O. The normalized spacial score (nSPS) is 10.7. The third-order valence-corrected chi connectivity index (χ3v) is 4.03. The van der Waals surface area contributed by atoms with Crippen LogP contribution in [0.3, 0.4) is 0 Å². The molecule has 0 aliphatic heterocycles. The standard InChI is InChI=1S/C22H20N4O/c1-16-7-9-20-18(13-16)14-19(15-23)22(26-20)25-12-11-24-21(27)10-8-17-5-3-2-4-6-17/h2-10,13-14H,11-12H2,1H3,(H,24,27)(H,25,26). The lowest BCUT2D eigenvalue weighted by molar-refractivity contribution is -0.116. The summed E-state index contributed by atoms with van der Waals surface area (Å²) in [7, 11) is 0. The van der Waals surface area contributed by atoms with Crippen molar-refractivity contribution < 1.29 is 4.79 Å². The Morgan fingerprint density at radius 2 is 1.96 bits per heavy atom. The lowest BCUT2D eigenvalue weighted by atomic mass is 10.1. The number of nitrogens with one attached hydrogen (secondary N) is 2. The molecule has 3 aromatic rings. The molecule has 0 atom stereocenters. The molecule has 0 aliphatic rings. The Morgan fingerprint density at radius 3 is 2.74 bits per heavy atom. The number of hydrogen-bond acceptors (Lipinski definition) is 4. The lowest BCUT2D eigenvalue weighted by Gasteiger charge is -2.09. The van der Waals surface area contributed by atoms with Crippen molar-refractivity contribution in [2.45, 2.75) is 6.92 Å². The van der Waals surface area contributed by atoms with E-state index in [2.05, 4.69) is 21.7 Å². The number of aryl methyl sites for hydroxylation is 1. The highest BCUT2D eigenvalue weighted by Crippen LogP contribution is 2.20. The molecule has 2 N–H and O–H groups in total. The quantitative estimate of drug-likeness (QED) is 0.522. The van der Waals surface area contributed by atoms with E-state index >= 15 is 0 Å². The number of nitrogens with zero attached hydrogens (tertiary/aromatic N) is 2. The first-order valence-corrected chi connectivity index (χ1v) is 8.72. The fourth-order valence-corrected chi connectivity index (χ4v) is 2.68. The zero-order valence-corrected chi connectivity index (χ0v) is 15.1. The van der Waals surface area contributed by atoms with Gasteiger partial charge >= 0.3 is 0 Å². The van der Waals surface area contributed by atoms with Crippen molar-refractivity contribution in [2.24, 2.45) is 0 Å². The van der Waals surface area contributed by atoms with Crippen LogP contribution < -0.4 is 10.6 Å². The Balaban J connectivity index is 1.56. The maximum absolute atomic E-state index is 11.9. The first-order chi connectivity index (χ1) is 13.2. The van der Waals surface area contributed by atoms with Gasteiger partial charge in [0.1, 0.15) is 11.9 Å². The highest BCUT2D eigenvalue weighted by Gasteiger charge is 2.06. The summed E-state index contributed by atoms with van der Waals surface area (Å²) >= 11 is 0. The number of anilines is 1. The smallest absolute Gasteiger partial charge is 0.244 e. The molecule has 0 fully saturated rings. The summed E-state index contributed by atoms with van der Waals surface area (Å²) in [6.45, 7) is 2.91. The van der Waals surface area contributed by atoms with Crippen molar-refractivity contribution in [1.29, 1.82) is 5.26 Å². The Bertz CT molecular complexity index is 1020. The van der Waals surface area contributed by atoms with E-state index in [0.717, 1.165) is 22.0 Å². The van der Waals surface area contributed by atoms with Crippen molar-refractivity contribution in [2.75, 3.05) is 18.4 Å². The van der Waals surface area contributed by atoms with E-state index in [-0.39, 0.29) is 5.91 Å². The minimum Gasteiger partial charge on any atom is -0.367 e. The van der Waals surface area contributed by atoms with Gasteiger partial charge in [0.15, 0.2) is 0 Å². The van der Waals surface area contributed by atoms with Gasteiger partial charge < -0.3 is 10.6 Å². The van der Waals surface area contributed by atoms with Crippen LogP contribution in [0.2, 0.25) is 0 Å². The fourth-order valence-electron chi connectivity index (χ4n) is 2.68. The largest absolute Gasteiger partial charge is 0.367 e. The van der Waals surface area contributed by atoms with Gasteiger partial charge in [0.25, 0.3) is 0 Å². The molecule has 0 saturated heterocycles. The molecule has 0 spiro atoms. The van der Waals surface area contributed by atoms with E-state index in [0.29, 0.717) is 24.5 Å². The number of carbonyl (C=O) groups excluding carboxylic acids is 1. The van der Waals surface area contributed by atoms with E-state index in [1.807, 2.05) is 61.5 Å². The van der Waals surface area contributed by atoms with Gasteiger partial charge in [0.2, 0.25) is 5.91 Å². The Labute approximate surface area is 158 Å². The molecule has 0 bridgehead atoms. The molecule has 3 rings (SSSR count). The van der Waals surface area contributed by atoms with Gasteiger partial charge in [0.05, 0.1) is 11.1 Å². The summed E-state index contributed by atoms with van der Waals surface area (Å²) in [5.74, 6) is 0.367. The van der Waals surface area contributed by atoms with E-state index < -0.39 is 0 Å². The van der Waals surface area contributed by atoms with Crippen molar-refractivity contribution >= 4 is 28.7 Å². The molecule has 0 radical (unpaired) electrons. The van der Waals surface area contributed by atoms with Crippen LogP contribution in [-0.4, -0.2) is 24.0 Å². The van der Waals surface area contributed by atoms with Crippen molar-refractivity contribution in [1.82, 2.24) is 10.3 Å². The van der Waals surface area contributed by atoms with Crippen molar-refractivity contribution in [3.8, 4) is 6.07 Å². The maximum Gasteiger partial charge on any atom is 0.244 e. The predicted octanol–water partition coefficient (Wildman–Crippen LogP) is 3.66. The number of nitriles is 1. The van der Waals surface area contributed by atoms with Gasteiger partial charge in [-0.15, -0.1) is 0 Å². The molecule has 1 heterocycles. The van der Waals surface area contributed by atoms with Gasteiger partial charge in [-0.3, -0.25) is 4.79 Å². The molecule has 5 nitrogen and oxygen atoms in total. The Kier molecular flexibility index (Phi) is 5.80. The van der Waals surface area contributed by atoms with Gasteiger partial charge in [0, 0.05) is 24.6 Å². The van der Waals surface area contributed by atoms with Crippen LogP contribution in [0.15, 0.2) is 60.7 Å². The third-order valence-electron chi connectivity index (χ3n) is 4.03. The van der Waals surface area contributed by atoms with Crippen LogP contribution in [0, 0.1) is 18.3 Å². The monoisotopic (exact) mass is 356 g/mol. The summed E-state index contributed by atoms with van der Waals surface area (Å²) < 4.78 is 0. The summed E-state index contributed by atoms with van der Waals surface area (Å²) in [4.78, 5) is 16.4. The maximum atomic E-state index is 11.9. The minimum absolute atomic E-state index is 0.164. The fraction of sp³-hybridized carbons (Fsp3) is 0.136. The van der Waals surface area contributed by atoms with Crippen LogP contribution in [-0.2, 0) is 4.79 Å². The first-order valence-electron chi connectivity index (χ1n) is 8.72. The topological polar surface area (TPSA) is 77.8 Å². The van der Waals surface area contributed by atoms with Gasteiger partial charge in [-0.1, -0.05) is 42.0 Å². The number of rotatable bonds is 6. The molecule has 5 heteroatoms. The first kappa shape index (κ1) is 18.2. The lowest BCUT2D eigenvalue weighted by Crippen LogP contribution is -2.27. The number of pyridine rings is 1. The highest BCUT2D eigenvalue weighted by molar-refractivity contribution is 5.91. The van der Waals surface area contributed by atoms with E-state index in [9.17, 15) is 10.1 Å². The molecule has 1 aromatic heterocycles. The summed E-state index contributed by atoms with van der Waals surface area (Å²) in [5, 5.41) is 16.2. The average molecular weight is 356 g/mol. The number of benzene rings is 2. The van der Waals surface area contributed by atoms with Crippen LogP contribution in [0.4, 0.5) is 5.82 Å². The second kappa shape index (κ2) is 8.63. The molecule has 2 aromatic carbocycles. The van der Waals surface area contributed by atoms with Crippen molar-refractivity contribution in [3.05, 3.63) is 77.4 Å². The van der Waals surface area contributed by atoms with Crippen LogP contribution in [0.5, 0.6) is 0 Å². The van der Waals surface area contributed by atoms with Gasteiger partial charge in [-0.2, -0.15) is 5.26 Å². The zero-order chi connectivity index (χ0) is 19.1.